The number of aryl methyl sites for hydroxylation is 4. The molecule has 3 N–H and O–H groups in total. The summed E-state index contributed by atoms with van der Waals surface area (Å²) in [7, 11) is -0.953. The summed E-state index contributed by atoms with van der Waals surface area (Å²) in [5.41, 5.74) is 12.0. The highest BCUT2D eigenvalue weighted by atomic mass is 16.7. The van der Waals surface area contributed by atoms with Crippen LogP contribution in [-0.4, -0.2) is 7.32 Å². The van der Waals surface area contributed by atoms with Crippen LogP contribution in [0.1, 0.15) is 266 Å². The third-order valence-corrected chi connectivity index (χ3v) is 14.4. The van der Waals surface area contributed by atoms with E-state index >= 15 is 0 Å². The van der Waals surface area contributed by atoms with E-state index in [1.54, 1.807) is 0 Å². The quantitative estimate of drug-likeness (QED) is 0.0274. The van der Waals surface area contributed by atoms with Gasteiger partial charge in [-0.3, -0.25) is 0 Å². The van der Waals surface area contributed by atoms with Crippen LogP contribution in [0, 0.1) is 33.8 Å². The maximum absolute atomic E-state index is 6.62. The van der Waals surface area contributed by atoms with Gasteiger partial charge in [-0.25, -0.2) is 0 Å². The van der Waals surface area contributed by atoms with E-state index in [1.807, 2.05) is 48.5 Å². The molecule has 0 fully saturated rings. The fourth-order valence-corrected chi connectivity index (χ4v) is 9.85. The number of hydrogen-bond donors (Lipinski definition) is 1. The van der Waals surface area contributed by atoms with Gasteiger partial charge in [0.25, 0.3) is 0 Å². The molecule has 0 aliphatic heterocycles. The summed E-state index contributed by atoms with van der Waals surface area (Å²) in [6.07, 6.45) is 47.3. The van der Waals surface area contributed by atoms with Crippen molar-refractivity contribution in [2.75, 3.05) is 0 Å². The van der Waals surface area contributed by atoms with Gasteiger partial charge in [0.2, 0.25) is 0 Å². The van der Waals surface area contributed by atoms with E-state index in [-0.39, 0.29) is 0 Å². The summed E-state index contributed by atoms with van der Waals surface area (Å²) < 4.78 is 19.3. The third-order valence-electron chi connectivity index (χ3n) is 14.4. The highest BCUT2D eigenvalue weighted by molar-refractivity contribution is 6.39. The molecule has 0 spiro atoms. The Labute approximate surface area is 432 Å². The summed E-state index contributed by atoms with van der Waals surface area (Å²) in [5, 5.41) is 0. The van der Waals surface area contributed by atoms with Crippen LogP contribution in [-0.2, 0) is 0 Å². The summed E-state index contributed by atoms with van der Waals surface area (Å²) in [6, 6.07) is 31.2. The minimum absolute atomic E-state index is 0.480. The lowest BCUT2D eigenvalue weighted by atomic mass is 9.84. The van der Waals surface area contributed by atoms with Gasteiger partial charge in [-0.15, -0.1) is 0 Å². The lowest BCUT2D eigenvalue weighted by Gasteiger charge is -2.23. The van der Waals surface area contributed by atoms with Crippen LogP contribution in [0.5, 0.6) is 17.2 Å². The van der Waals surface area contributed by atoms with Crippen molar-refractivity contribution in [3.63, 3.8) is 0 Å². The van der Waals surface area contributed by atoms with E-state index < -0.39 is 7.32 Å². The minimum Gasteiger partial charge on any atom is -0.490 e. The molecule has 0 saturated carbocycles. The molecule has 0 bridgehead atoms. The number of hydrogen-bond acceptors (Lipinski definition) is 3. The zero-order chi connectivity index (χ0) is 50.1. The van der Waals surface area contributed by atoms with Gasteiger partial charge in [0.1, 0.15) is 11.5 Å². The molecule has 5 heteroatoms. The molecule has 4 aromatic rings. The van der Waals surface area contributed by atoms with Crippen LogP contribution in [0.15, 0.2) is 84.9 Å². The standard InChI is InChI=1S/C58H96BNO3.C7H7/c1-6-8-10-12-14-16-18-20-22-24-26-28-30-32-34-36-38-53(39-37-35-33-31-29-27-25-23-21-19-17-15-13-11-9-7-2)57-52(5)44-49-56(58(57)60)63-59(61-54-45-40-50(3)41-46-54)62-55-47-42-51(4)43-48-55;1-7-5-3-2-4-6-7/h40-49,53H,6-39,60H2,1-5H3;3-6H,1H3/q;-1/p+1. The maximum atomic E-state index is 6.62. The van der Waals surface area contributed by atoms with Gasteiger partial charge in [-0.05, 0) is 75.4 Å². The minimum atomic E-state index is -0.953. The number of benzene rings is 4. The molecular weight excluding hydrogens is 854 g/mol. The van der Waals surface area contributed by atoms with Crippen LogP contribution < -0.4 is 19.7 Å². The Morgan fingerprint density at radius 3 is 1.01 bits per heavy atom. The van der Waals surface area contributed by atoms with Gasteiger partial charge in [0, 0.05) is 5.56 Å². The van der Waals surface area contributed by atoms with E-state index in [0.29, 0.717) is 17.4 Å². The number of unbranched alkanes of at least 4 members (excludes halogenated alkanes) is 30. The summed E-state index contributed by atoms with van der Waals surface area (Å²) in [5.74, 6) is 2.64. The molecule has 0 aliphatic carbocycles. The van der Waals surface area contributed by atoms with Gasteiger partial charge in [-0.1, -0.05) is 268 Å². The fraction of sp³-hybridized carbons (Fsp3) is 0.631. The molecule has 4 nitrogen and oxygen atoms in total. The lowest BCUT2D eigenvalue weighted by Crippen LogP contribution is -2.44. The van der Waals surface area contributed by atoms with Gasteiger partial charge in [-0.2, -0.15) is 35.9 Å². The van der Waals surface area contributed by atoms with E-state index in [0.717, 1.165) is 11.4 Å². The number of rotatable bonds is 41. The Morgan fingerprint density at radius 1 is 0.386 bits per heavy atom. The zero-order valence-corrected chi connectivity index (χ0v) is 46.2. The molecule has 0 aromatic heterocycles. The van der Waals surface area contributed by atoms with E-state index in [9.17, 15) is 0 Å². The SMILES string of the molecule is CCCCCCCCCCCCCCCCCCC(CCCCCCCCCCCCCCCCCC)c1c(C)ccc(OB(Oc2ccc(C)cc2)Oc2ccc(C)cc2)c1[NH3+].Cc1cc[c-]cc1. The van der Waals surface area contributed by atoms with Crippen molar-refractivity contribution in [3.8, 4) is 17.2 Å². The second kappa shape index (κ2) is 40.9. The summed E-state index contributed by atoms with van der Waals surface area (Å²) in [4.78, 5) is 0. The molecule has 390 valence electrons. The van der Waals surface area contributed by atoms with Crippen LogP contribution in [0.25, 0.3) is 0 Å². The Morgan fingerprint density at radius 2 is 0.700 bits per heavy atom. The van der Waals surface area contributed by atoms with E-state index in [4.69, 9.17) is 19.7 Å². The molecule has 0 unspecified atom stereocenters. The first-order valence-electron chi connectivity index (χ1n) is 29.3. The van der Waals surface area contributed by atoms with Crippen molar-refractivity contribution < 1.29 is 19.7 Å². The molecule has 0 heterocycles. The first kappa shape index (κ1) is 60.6. The molecule has 0 atom stereocenters. The second-order valence-electron chi connectivity index (χ2n) is 21.0. The van der Waals surface area contributed by atoms with E-state index in [1.165, 1.54) is 246 Å². The normalized spacial score (nSPS) is 11.1. The first-order valence-corrected chi connectivity index (χ1v) is 29.3. The average Bonchev–Trinajstić information content (AvgIpc) is 3.36. The summed E-state index contributed by atoms with van der Waals surface area (Å²) >= 11 is 0. The third kappa shape index (κ3) is 29.6. The summed E-state index contributed by atoms with van der Waals surface area (Å²) in [6.45, 7) is 13.1. The maximum Gasteiger partial charge on any atom is 0.864 e. The zero-order valence-electron chi connectivity index (χ0n) is 46.2. The molecule has 4 aromatic carbocycles. The fourth-order valence-electron chi connectivity index (χ4n) is 9.85. The number of quaternary nitrogens is 1. The van der Waals surface area contributed by atoms with Crippen molar-refractivity contribution in [3.05, 3.63) is 119 Å². The van der Waals surface area contributed by atoms with E-state index in [2.05, 4.69) is 84.0 Å². The van der Waals surface area contributed by atoms with Crippen molar-refractivity contribution in [1.29, 1.82) is 0 Å². The molecule has 0 saturated heterocycles. The second-order valence-corrected chi connectivity index (χ2v) is 21.0. The Kier molecular flexibility index (Phi) is 35.4. The highest BCUT2D eigenvalue weighted by Crippen LogP contribution is 2.39. The average molecular weight is 958 g/mol. The lowest BCUT2D eigenvalue weighted by molar-refractivity contribution is -0.257. The van der Waals surface area contributed by atoms with Crippen molar-refractivity contribution >= 4 is 13.0 Å². The van der Waals surface area contributed by atoms with Crippen LogP contribution in [0.4, 0.5) is 5.69 Å². The van der Waals surface area contributed by atoms with Gasteiger partial charge in [0.15, 0.2) is 11.4 Å². The monoisotopic (exact) mass is 958 g/mol. The Balaban J connectivity index is 0.00000169. The first-order chi connectivity index (χ1) is 34.3. The van der Waals surface area contributed by atoms with Crippen molar-refractivity contribution in [1.82, 2.24) is 0 Å². The Bertz CT molecular complexity index is 1710. The topological polar surface area (TPSA) is 55.3 Å². The van der Waals surface area contributed by atoms with Gasteiger partial charge >= 0.3 is 7.32 Å². The molecule has 70 heavy (non-hydrogen) atoms. The van der Waals surface area contributed by atoms with Gasteiger partial charge < -0.3 is 19.7 Å². The largest absolute Gasteiger partial charge is 0.864 e. The predicted octanol–water partition coefficient (Wildman–Crippen LogP) is 20.2. The molecule has 0 radical (unpaired) electrons. The highest BCUT2D eigenvalue weighted by Gasteiger charge is 2.33. The molecule has 0 aliphatic rings. The predicted molar refractivity (Wildman–Crippen MR) is 305 cm³/mol. The van der Waals surface area contributed by atoms with Crippen LogP contribution >= 0.6 is 0 Å². The Hall–Kier alpha value is -3.70. The van der Waals surface area contributed by atoms with Gasteiger partial charge in [0.05, 0.1) is 0 Å². The molecular formula is C65H104BNO3. The van der Waals surface area contributed by atoms with Crippen LogP contribution in [0.2, 0.25) is 0 Å². The van der Waals surface area contributed by atoms with Crippen molar-refractivity contribution in [2.45, 2.75) is 266 Å². The van der Waals surface area contributed by atoms with Crippen molar-refractivity contribution in [2.24, 2.45) is 0 Å². The molecule has 4 rings (SSSR count). The smallest absolute Gasteiger partial charge is 0.490 e. The van der Waals surface area contributed by atoms with Crippen LogP contribution in [0.3, 0.4) is 0 Å². The molecule has 0 amide bonds.